The standard InChI is InChI=1S/C33H36N6O6/c34-18-29(40)37-27(16-22-11-5-2-6-12-22)32(44)39-28(17-23-19-35-25-14-8-7-13-24(23)25)33(45)38-26(31(43)36-20-30(41)42)15-21-9-3-1-4-10-21/h1-14,19,26-28,35H,15-18,20,34H2,(H,36,43)(H,37,40)(H,38,45)(H,39,44)(H,41,42)/t26-,27-,28-/m0/s1. The maximum Gasteiger partial charge on any atom is 0.322 e. The average molecular weight is 613 g/mol. The van der Waals surface area contributed by atoms with Gasteiger partial charge in [0.25, 0.3) is 0 Å². The Balaban J connectivity index is 1.62. The number of amides is 4. The highest BCUT2D eigenvalue weighted by molar-refractivity contribution is 5.95. The Labute approximate surface area is 259 Å². The number of carbonyl (C=O) groups is 5. The maximum absolute atomic E-state index is 13.9. The molecule has 0 spiro atoms. The van der Waals surface area contributed by atoms with Crippen molar-refractivity contribution in [2.24, 2.45) is 5.73 Å². The number of hydrogen-bond acceptors (Lipinski definition) is 6. The molecule has 0 aliphatic rings. The normalized spacial score (nSPS) is 12.8. The van der Waals surface area contributed by atoms with Crippen LogP contribution < -0.4 is 27.0 Å². The number of carboxylic acid groups (broad SMARTS) is 1. The van der Waals surface area contributed by atoms with Gasteiger partial charge in [0.2, 0.25) is 23.6 Å². The fourth-order valence-electron chi connectivity index (χ4n) is 4.93. The summed E-state index contributed by atoms with van der Waals surface area (Å²) in [6.45, 7) is -0.956. The third kappa shape index (κ3) is 9.50. The topological polar surface area (TPSA) is 196 Å². The Bertz CT molecular complexity index is 1620. The fourth-order valence-corrected chi connectivity index (χ4v) is 4.93. The zero-order valence-corrected chi connectivity index (χ0v) is 24.5. The molecular formula is C33H36N6O6. The van der Waals surface area contributed by atoms with Gasteiger partial charge in [0.1, 0.15) is 24.7 Å². The fraction of sp³-hybridized carbons (Fsp3) is 0.242. The predicted octanol–water partition coefficient (Wildman–Crippen LogP) is 0.810. The molecule has 1 heterocycles. The zero-order chi connectivity index (χ0) is 32.2. The summed E-state index contributed by atoms with van der Waals surface area (Å²) >= 11 is 0. The van der Waals surface area contributed by atoms with Crippen LogP contribution in [0.5, 0.6) is 0 Å². The zero-order valence-electron chi connectivity index (χ0n) is 24.5. The summed E-state index contributed by atoms with van der Waals surface area (Å²) in [5.74, 6) is -3.74. The van der Waals surface area contributed by atoms with Crippen molar-refractivity contribution in [2.45, 2.75) is 37.4 Å². The molecule has 12 nitrogen and oxygen atoms in total. The van der Waals surface area contributed by atoms with Gasteiger partial charge in [0.05, 0.1) is 6.54 Å². The number of aromatic nitrogens is 1. The van der Waals surface area contributed by atoms with E-state index in [1.54, 1.807) is 30.5 Å². The van der Waals surface area contributed by atoms with Crippen LogP contribution in [0.2, 0.25) is 0 Å². The van der Waals surface area contributed by atoms with Gasteiger partial charge in [-0.25, -0.2) is 0 Å². The molecule has 4 rings (SSSR count). The van der Waals surface area contributed by atoms with Crippen LogP contribution >= 0.6 is 0 Å². The Kier molecular flexibility index (Phi) is 11.4. The van der Waals surface area contributed by atoms with Crippen LogP contribution in [0.3, 0.4) is 0 Å². The number of aromatic amines is 1. The van der Waals surface area contributed by atoms with Crippen molar-refractivity contribution in [1.82, 2.24) is 26.3 Å². The molecule has 0 fully saturated rings. The molecule has 0 radical (unpaired) electrons. The van der Waals surface area contributed by atoms with Crippen molar-refractivity contribution in [3.05, 3.63) is 108 Å². The van der Waals surface area contributed by atoms with E-state index in [4.69, 9.17) is 10.8 Å². The van der Waals surface area contributed by atoms with E-state index in [1.165, 1.54) is 0 Å². The number of rotatable bonds is 15. The molecule has 8 N–H and O–H groups in total. The van der Waals surface area contributed by atoms with Gasteiger partial charge < -0.3 is 37.1 Å². The molecule has 4 amide bonds. The molecule has 234 valence electrons. The van der Waals surface area contributed by atoms with Crippen LogP contribution in [-0.2, 0) is 43.2 Å². The van der Waals surface area contributed by atoms with Crippen molar-refractivity contribution < 1.29 is 29.1 Å². The number of carboxylic acids is 1. The third-order valence-electron chi connectivity index (χ3n) is 7.18. The SMILES string of the molecule is NCC(=O)N[C@@H](Cc1ccccc1)C(=O)N[C@@H](Cc1c[nH]c2ccccc12)C(=O)N[C@@H](Cc1ccccc1)C(=O)NCC(=O)O. The number of aliphatic carboxylic acids is 1. The van der Waals surface area contributed by atoms with Crippen LogP contribution in [-0.4, -0.2) is 70.9 Å². The summed E-state index contributed by atoms with van der Waals surface area (Å²) in [5.41, 5.74) is 8.61. The largest absolute Gasteiger partial charge is 0.480 e. The Morgan fingerprint density at radius 3 is 1.73 bits per heavy atom. The number of nitrogens with one attached hydrogen (secondary N) is 5. The summed E-state index contributed by atoms with van der Waals surface area (Å²) < 4.78 is 0. The number of fused-ring (bicyclic) bond motifs is 1. The molecule has 45 heavy (non-hydrogen) atoms. The summed E-state index contributed by atoms with van der Waals surface area (Å²) in [4.78, 5) is 67.2. The summed E-state index contributed by atoms with van der Waals surface area (Å²) in [6, 6.07) is 22.2. The smallest absolute Gasteiger partial charge is 0.322 e. The molecule has 12 heteroatoms. The first kappa shape index (κ1) is 32.4. The predicted molar refractivity (Wildman–Crippen MR) is 168 cm³/mol. The van der Waals surface area contributed by atoms with E-state index in [1.807, 2.05) is 60.7 Å². The number of hydrogen-bond donors (Lipinski definition) is 7. The monoisotopic (exact) mass is 612 g/mol. The highest BCUT2D eigenvalue weighted by Gasteiger charge is 2.31. The first-order chi connectivity index (χ1) is 21.7. The highest BCUT2D eigenvalue weighted by Crippen LogP contribution is 2.19. The number of H-pyrrole nitrogens is 1. The average Bonchev–Trinajstić information content (AvgIpc) is 3.46. The van der Waals surface area contributed by atoms with Gasteiger partial charge in [-0.15, -0.1) is 0 Å². The van der Waals surface area contributed by atoms with Crippen molar-refractivity contribution in [1.29, 1.82) is 0 Å². The van der Waals surface area contributed by atoms with Crippen molar-refractivity contribution in [2.75, 3.05) is 13.1 Å². The van der Waals surface area contributed by atoms with Crippen molar-refractivity contribution in [3.8, 4) is 0 Å². The maximum atomic E-state index is 13.9. The lowest BCUT2D eigenvalue weighted by Gasteiger charge is -2.25. The van der Waals surface area contributed by atoms with E-state index in [2.05, 4.69) is 26.3 Å². The molecule has 0 saturated heterocycles. The van der Waals surface area contributed by atoms with E-state index < -0.39 is 54.3 Å². The Morgan fingerprint density at radius 1 is 0.667 bits per heavy atom. The highest BCUT2D eigenvalue weighted by atomic mass is 16.4. The van der Waals surface area contributed by atoms with Gasteiger partial charge >= 0.3 is 5.97 Å². The lowest BCUT2D eigenvalue weighted by Crippen LogP contribution is -2.58. The molecule has 1 aromatic heterocycles. The van der Waals surface area contributed by atoms with Crippen LogP contribution in [0.15, 0.2) is 91.1 Å². The first-order valence-corrected chi connectivity index (χ1v) is 14.5. The van der Waals surface area contributed by atoms with Gasteiger partial charge in [-0.05, 0) is 22.8 Å². The second kappa shape index (κ2) is 15.8. The second-order valence-corrected chi connectivity index (χ2v) is 10.5. The number of nitrogens with two attached hydrogens (primary N) is 1. The van der Waals surface area contributed by atoms with Gasteiger partial charge in [-0.1, -0.05) is 78.9 Å². The van der Waals surface area contributed by atoms with Gasteiger partial charge in [0, 0.05) is 36.4 Å². The molecule has 0 aliphatic heterocycles. The Morgan fingerprint density at radius 2 is 1.18 bits per heavy atom. The van der Waals surface area contributed by atoms with Crippen LogP contribution in [0.25, 0.3) is 10.9 Å². The van der Waals surface area contributed by atoms with Crippen molar-refractivity contribution in [3.63, 3.8) is 0 Å². The summed E-state index contributed by atoms with van der Waals surface area (Å²) in [7, 11) is 0. The van der Waals surface area contributed by atoms with Crippen LogP contribution in [0.1, 0.15) is 16.7 Å². The molecule has 3 atom stereocenters. The van der Waals surface area contributed by atoms with Crippen LogP contribution in [0.4, 0.5) is 0 Å². The lowest BCUT2D eigenvalue weighted by molar-refractivity contribution is -0.138. The molecule has 0 bridgehead atoms. The van der Waals surface area contributed by atoms with E-state index >= 15 is 0 Å². The molecular weight excluding hydrogens is 576 g/mol. The number of para-hydroxylation sites is 1. The molecule has 0 saturated carbocycles. The van der Waals surface area contributed by atoms with E-state index in [9.17, 15) is 24.0 Å². The molecule has 0 aliphatic carbocycles. The minimum Gasteiger partial charge on any atom is -0.480 e. The molecule has 0 unspecified atom stereocenters. The van der Waals surface area contributed by atoms with Crippen molar-refractivity contribution >= 4 is 40.5 Å². The van der Waals surface area contributed by atoms with Gasteiger partial charge in [-0.2, -0.15) is 0 Å². The second-order valence-electron chi connectivity index (χ2n) is 10.5. The van der Waals surface area contributed by atoms with E-state index in [0.29, 0.717) is 0 Å². The quantitative estimate of drug-likeness (QED) is 0.103. The number of benzene rings is 3. The van der Waals surface area contributed by atoms with Crippen LogP contribution in [0, 0.1) is 0 Å². The minimum absolute atomic E-state index is 0.0548. The van der Waals surface area contributed by atoms with Gasteiger partial charge in [-0.3, -0.25) is 24.0 Å². The van der Waals surface area contributed by atoms with Gasteiger partial charge in [0.15, 0.2) is 0 Å². The third-order valence-corrected chi connectivity index (χ3v) is 7.18. The molecule has 4 aromatic rings. The summed E-state index contributed by atoms with van der Waals surface area (Å²) in [6.07, 6.45) is 2.03. The molecule has 3 aromatic carbocycles. The van der Waals surface area contributed by atoms with E-state index in [-0.39, 0.29) is 25.8 Å². The summed E-state index contributed by atoms with van der Waals surface area (Å²) in [5, 5.41) is 20.4. The number of carbonyl (C=O) groups excluding carboxylic acids is 4. The Hall–Kier alpha value is -5.49. The first-order valence-electron chi connectivity index (χ1n) is 14.5. The lowest BCUT2D eigenvalue weighted by atomic mass is 10.0. The minimum atomic E-state index is -1.23. The van der Waals surface area contributed by atoms with E-state index in [0.717, 1.165) is 27.6 Å².